The molecule has 1 atom stereocenters. The minimum absolute atomic E-state index is 0.156. The van der Waals surface area contributed by atoms with Gasteiger partial charge in [0, 0.05) is 38.5 Å². The minimum Gasteiger partial charge on any atom is -0.493 e. The van der Waals surface area contributed by atoms with Crippen LogP contribution < -0.4 is 9.47 Å². The molecule has 1 amide bonds. The number of carbonyl (C=O) groups excluding carboxylic acids is 1. The third-order valence-corrected chi connectivity index (χ3v) is 5.36. The van der Waals surface area contributed by atoms with Crippen molar-refractivity contribution in [3.8, 4) is 11.5 Å². The van der Waals surface area contributed by atoms with E-state index in [-0.39, 0.29) is 24.3 Å². The van der Waals surface area contributed by atoms with Crippen LogP contribution in [0.1, 0.15) is 26.7 Å². The third-order valence-electron chi connectivity index (χ3n) is 5.36. The van der Waals surface area contributed by atoms with E-state index < -0.39 is 6.10 Å². The van der Waals surface area contributed by atoms with Crippen molar-refractivity contribution in [1.29, 1.82) is 0 Å². The van der Waals surface area contributed by atoms with Gasteiger partial charge in [-0.15, -0.1) is 0 Å². The fourth-order valence-electron chi connectivity index (χ4n) is 3.72. The molecule has 0 bridgehead atoms. The van der Waals surface area contributed by atoms with Crippen LogP contribution in [0.15, 0.2) is 24.3 Å². The number of aliphatic hydroxyl groups is 1. The Kier molecular flexibility index (Phi) is 6.11. The zero-order valence-corrected chi connectivity index (χ0v) is 16.4. The molecular formula is C20H30N2O5. The molecule has 2 heterocycles. The van der Waals surface area contributed by atoms with Gasteiger partial charge < -0.3 is 29.1 Å². The highest BCUT2D eigenvalue weighted by atomic mass is 16.6. The van der Waals surface area contributed by atoms with Crippen LogP contribution in [0.25, 0.3) is 0 Å². The molecule has 3 rings (SSSR count). The van der Waals surface area contributed by atoms with Crippen LogP contribution in [0.5, 0.6) is 11.5 Å². The lowest BCUT2D eigenvalue weighted by atomic mass is 9.91. The van der Waals surface area contributed by atoms with Crippen molar-refractivity contribution >= 4 is 6.09 Å². The highest BCUT2D eigenvalue weighted by Gasteiger charge is 2.47. The maximum atomic E-state index is 12.0. The van der Waals surface area contributed by atoms with Gasteiger partial charge >= 0.3 is 6.09 Å². The molecule has 7 heteroatoms. The van der Waals surface area contributed by atoms with Crippen LogP contribution in [0.3, 0.4) is 0 Å². The van der Waals surface area contributed by atoms with Crippen molar-refractivity contribution in [3.63, 3.8) is 0 Å². The highest BCUT2D eigenvalue weighted by molar-refractivity contribution is 5.71. The standard InChI is InChI=1S/C20H30N2O5/c1-15(2)22-14-20(27-19(22)24)8-10-21(11-9-20)12-16(23)13-26-18-7-5-4-6-17(18)25-3/h4-7,15-16,23H,8-14H2,1-3H3. The minimum atomic E-state index is -0.595. The van der Waals surface area contributed by atoms with Crippen LogP contribution >= 0.6 is 0 Å². The van der Waals surface area contributed by atoms with E-state index in [9.17, 15) is 9.90 Å². The van der Waals surface area contributed by atoms with Crippen LogP contribution in [0.4, 0.5) is 4.79 Å². The van der Waals surface area contributed by atoms with E-state index in [1.54, 1.807) is 12.0 Å². The molecule has 2 saturated heterocycles. The van der Waals surface area contributed by atoms with Gasteiger partial charge in [0.05, 0.1) is 13.7 Å². The van der Waals surface area contributed by atoms with Gasteiger partial charge in [0.15, 0.2) is 11.5 Å². The lowest BCUT2D eigenvalue weighted by molar-refractivity contribution is -0.0146. The van der Waals surface area contributed by atoms with E-state index in [1.807, 2.05) is 38.1 Å². The molecule has 2 aliphatic heterocycles. The maximum absolute atomic E-state index is 12.0. The number of carbonyl (C=O) groups is 1. The number of amides is 1. The number of ether oxygens (including phenoxy) is 3. The van der Waals surface area contributed by atoms with Gasteiger partial charge in [0.1, 0.15) is 18.3 Å². The molecule has 150 valence electrons. The topological polar surface area (TPSA) is 71.5 Å². The summed E-state index contributed by atoms with van der Waals surface area (Å²) in [6.07, 6.45) is 0.787. The summed E-state index contributed by atoms with van der Waals surface area (Å²) in [5, 5.41) is 10.3. The van der Waals surface area contributed by atoms with Gasteiger partial charge in [-0.25, -0.2) is 4.79 Å². The lowest BCUT2D eigenvalue weighted by Gasteiger charge is -2.38. The Labute approximate surface area is 160 Å². The molecule has 0 aliphatic carbocycles. The quantitative estimate of drug-likeness (QED) is 0.784. The van der Waals surface area contributed by atoms with E-state index in [4.69, 9.17) is 14.2 Å². The average Bonchev–Trinajstić information content (AvgIpc) is 2.98. The molecule has 1 aromatic carbocycles. The zero-order chi connectivity index (χ0) is 19.4. The molecule has 1 unspecified atom stereocenters. The number of benzene rings is 1. The smallest absolute Gasteiger partial charge is 0.410 e. The first-order valence-electron chi connectivity index (χ1n) is 9.58. The Hall–Kier alpha value is -1.99. The number of piperidine rings is 1. The van der Waals surface area contributed by atoms with Gasteiger partial charge in [-0.3, -0.25) is 0 Å². The van der Waals surface area contributed by atoms with E-state index in [0.717, 1.165) is 25.9 Å². The number of nitrogens with zero attached hydrogens (tertiary/aromatic N) is 2. The van der Waals surface area contributed by atoms with E-state index in [0.29, 0.717) is 24.6 Å². The van der Waals surface area contributed by atoms with Crippen LogP contribution in [-0.4, -0.2) is 78.6 Å². The third kappa shape index (κ3) is 4.65. The molecule has 7 nitrogen and oxygen atoms in total. The van der Waals surface area contributed by atoms with Crippen molar-refractivity contribution in [2.45, 2.75) is 44.4 Å². The summed E-state index contributed by atoms with van der Waals surface area (Å²) in [4.78, 5) is 16.0. The Bertz CT molecular complexity index is 643. The molecule has 27 heavy (non-hydrogen) atoms. The number of aliphatic hydroxyl groups excluding tert-OH is 1. The molecule has 2 aliphatic rings. The Morgan fingerprint density at radius 1 is 1.22 bits per heavy atom. The van der Waals surface area contributed by atoms with E-state index in [2.05, 4.69) is 4.90 Å². The van der Waals surface area contributed by atoms with Crippen LogP contribution in [0.2, 0.25) is 0 Å². The van der Waals surface area contributed by atoms with Crippen LogP contribution in [-0.2, 0) is 4.74 Å². The van der Waals surface area contributed by atoms with Crippen molar-refractivity contribution in [3.05, 3.63) is 24.3 Å². The number of rotatable bonds is 7. The van der Waals surface area contributed by atoms with Crippen molar-refractivity contribution in [2.75, 3.05) is 39.9 Å². The average molecular weight is 378 g/mol. The Morgan fingerprint density at radius 2 is 1.89 bits per heavy atom. The SMILES string of the molecule is COc1ccccc1OCC(O)CN1CCC2(CC1)CN(C(C)C)C(=O)O2. The predicted molar refractivity (Wildman–Crippen MR) is 101 cm³/mol. The van der Waals surface area contributed by atoms with Gasteiger partial charge in [-0.2, -0.15) is 0 Å². The number of hydrogen-bond acceptors (Lipinski definition) is 6. The summed E-state index contributed by atoms with van der Waals surface area (Å²) in [6, 6.07) is 7.56. The van der Waals surface area contributed by atoms with Crippen LogP contribution in [0, 0.1) is 0 Å². The van der Waals surface area contributed by atoms with Crippen molar-refractivity contribution in [1.82, 2.24) is 9.80 Å². The monoisotopic (exact) mass is 378 g/mol. The Balaban J connectivity index is 1.45. The molecular weight excluding hydrogens is 348 g/mol. The zero-order valence-electron chi connectivity index (χ0n) is 16.4. The summed E-state index contributed by atoms with van der Waals surface area (Å²) < 4.78 is 16.7. The van der Waals surface area contributed by atoms with Crippen molar-refractivity contribution < 1.29 is 24.1 Å². The number of para-hydroxylation sites is 2. The molecule has 1 N–H and O–H groups in total. The Morgan fingerprint density at radius 3 is 2.48 bits per heavy atom. The molecule has 2 fully saturated rings. The molecule has 0 aromatic heterocycles. The number of likely N-dealkylation sites (tertiary alicyclic amines) is 1. The first kappa shape index (κ1) is 19.8. The first-order valence-corrected chi connectivity index (χ1v) is 9.58. The molecule has 1 aromatic rings. The molecule has 1 spiro atoms. The fraction of sp³-hybridized carbons (Fsp3) is 0.650. The number of β-amino-alcohol motifs (C(OH)–C–C–N with tert-alkyl or cyclic N) is 1. The highest BCUT2D eigenvalue weighted by Crippen LogP contribution is 2.34. The van der Waals surface area contributed by atoms with Gasteiger partial charge in [-0.05, 0) is 26.0 Å². The molecule has 0 radical (unpaired) electrons. The molecule has 0 saturated carbocycles. The predicted octanol–water partition coefficient (Wildman–Crippen LogP) is 2.13. The summed E-state index contributed by atoms with van der Waals surface area (Å²) in [6.45, 7) is 7.01. The largest absolute Gasteiger partial charge is 0.493 e. The second-order valence-electron chi connectivity index (χ2n) is 7.69. The number of methoxy groups -OCH3 is 1. The second-order valence-corrected chi connectivity index (χ2v) is 7.69. The second kappa shape index (κ2) is 8.35. The van der Waals surface area contributed by atoms with Gasteiger partial charge in [-0.1, -0.05) is 12.1 Å². The maximum Gasteiger partial charge on any atom is 0.410 e. The number of hydrogen-bond donors (Lipinski definition) is 1. The lowest BCUT2D eigenvalue weighted by Crippen LogP contribution is -2.49. The summed E-state index contributed by atoms with van der Waals surface area (Å²) in [5.41, 5.74) is -0.364. The first-order chi connectivity index (χ1) is 12.9. The fourth-order valence-corrected chi connectivity index (χ4v) is 3.72. The van der Waals surface area contributed by atoms with Gasteiger partial charge in [0.25, 0.3) is 0 Å². The van der Waals surface area contributed by atoms with E-state index >= 15 is 0 Å². The summed E-state index contributed by atoms with van der Waals surface area (Å²) in [5.74, 6) is 1.28. The summed E-state index contributed by atoms with van der Waals surface area (Å²) in [7, 11) is 1.60. The van der Waals surface area contributed by atoms with Gasteiger partial charge in [0.2, 0.25) is 0 Å². The normalized spacial score (nSPS) is 20.8. The summed E-state index contributed by atoms with van der Waals surface area (Å²) >= 11 is 0. The van der Waals surface area contributed by atoms with E-state index in [1.165, 1.54) is 0 Å². The van der Waals surface area contributed by atoms with Crippen molar-refractivity contribution in [2.24, 2.45) is 0 Å².